The molecule has 108 valence electrons. The highest BCUT2D eigenvalue weighted by molar-refractivity contribution is 6.24. The van der Waals surface area contributed by atoms with E-state index in [1.165, 1.54) is 6.42 Å². The average Bonchev–Trinajstić information content (AvgIpc) is 2.78. The number of hydrogen-bond donors (Lipinski definition) is 1. The van der Waals surface area contributed by atoms with Crippen LogP contribution < -0.4 is 15.5 Å². The second-order valence-electron chi connectivity index (χ2n) is 5.30. The van der Waals surface area contributed by atoms with Crippen molar-refractivity contribution in [1.29, 1.82) is 0 Å². The number of alkyl halides is 1. The maximum Gasteiger partial charge on any atom is 0.229 e. The summed E-state index contributed by atoms with van der Waals surface area (Å²) < 4.78 is 0. The SMILES string of the molecule is Nc1nc(N2CCCCC2)cc(N2CC(Cl)CC2=O)n1. The van der Waals surface area contributed by atoms with E-state index in [-0.39, 0.29) is 17.2 Å². The number of halogens is 1. The van der Waals surface area contributed by atoms with Crippen molar-refractivity contribution in [3.05, 3.63) is 6.07 Å². The van der Waals surface area contributed by atoms with E-state index in [1.807, 2.05) is 6.07 Å². The Balaban J connectivity index is 1.88. The molecule has 0 spiro atoms. The molecule has 2 fully saturated rings. The topological polar surface area (TPSA) is 75.3 Å². The molecule has 2 saturated heterocycles. The quantitative estimate of drug-likeness (QED) is 0.835. The van der Waals surface area contributed by atoms with E-state index in [9.17, 15) is 4.79 Å². The van der Waals surface area contributed by atoms with Gasteiger partial charge in [0, 0.05) is 32.1 Å². The number of hydrogen-bond acceptors (Lipinski definition) is 5. The third kappa shape index (κ3) is 2.65. The predicted octanol–water partition coefficient (Wildman–Crippen LogP) is 1.39. The van der Waals surface area contributed by atoms with Gasteiger partial charge in [-0.1, -0.05) is 0 Å². The third-order valence-corrected chi connectivity index (χ3v) is 4.04. The number of rotatable bonds is 2. The minimum Gasteiger partial charge on any atom is -0.368 e. The van der Waals surface area contributed by atoms with Gasteiger partial charge in [-0.25, -0.2) is 0 Å². The largest absolute Gasteiger partial charge is 0.368 e. The van der Waals surface area contributed by atoms with Gasteiger partial charge in [0.05, 0.1) is 5.38 Å². The van der Waals surface area contributed by atoms with Gasteiger partial charge in [0.15, 0.2) is 0 Å². The van der Waals surface area contributed by atoms with Crippen molar-refractivity contribution in [3.63, 3.8) is 0 Å². The molecule has 0 aromatic carbocycles. The van der Waals surface area contributed by atoms with E-state index in [0.717, 1.165) is 31.7 Å². The Morgan fingerprint density at radius 3 is 2.55 bits per heavy atom. The molecule has 0 bridgehead atoms. The number of nitrogens with two attached hydrogens (primary N) is 1. The number of amides is 1. The first-order valence-corrected chi connectivity index (χ1v) is 7.41. The van der Waals surface area contributed by atoms with Gasteiger partial charge in [-0.15, -0.1) is 11.6 Å². The number of anilines is 3. The van der Waals surface area contributed by atoms with Crippen LogP contribution in [0, 0.1) is 0 Å². The van der Waals surface area contributed by atoms with Gasteiger partial charge in [0.2, 0.25) is 11.9 Å². The first kappa shape index (κ1) is 13.4. The van der Waals surface area contributed by atoms with Gasteiger partial charge >= 0.3 is 0 Å². The van der Waals surface area contributed by atoms with Crippen molar-refractivity contribution in [2.24, 2.45) is 0 Å². The zero-order chi connectivity index (χ0) is 14.1. The summed E-state index contributed by atoms with van der Waals surface area (Å²) >= 11 is 6.03. The molecular weight excluding hydrogens is 278 g/mol. The lowest BCUT2D eigenvalue weighted by Crippen LogP contribution is -2.31. The molecule has 0 saturated carbocycles. The lowest BCUT2D eigenvalue weighted by atomic mass is 10.1. The molecule has 1 amide bonds. The molecule has 1 atom stereocenters. The Hall–Kier alpha value is -1.56. The molecule has 2 N–H and O–H groups in total. The van der Waals surface area contributed by atoms with E-state index in [0.29, 0.717) is 18.8 Å². The normalized spacial score (nSPS) is 23.4. The van der Waals surface area contributed by atoms with Gasteiger partial charge in [0.25, 0.3) is 0 Å². The molecule has 6 nitrogen and oxygen atoms in total. The minimum absolute atomic E-state index is 0.00676. The van der Waals surface area contributed by atoms with Crippen LogP contribution in [0.3, 0.4) is 0 Å². The Kier molecular flexibility index (Phi) is 3.65. The van der Waals surface area contributed by atoms with E-state index in [2.05, 4.69) is 14.9 Å². The highest BCUT2D eigenvalue weighted by Gasteiger charge is 2.30. The standard InChI is InChI=1S/C13H18ClN5O/c14-9-6-12(20)19(8-9)11-7-10(16-13(15)17-11)18-4-2-1-3-5-18/h7,9H,1-6,8H2,(H2,15,16,17). The Morgan fingerprint density at radius 1 is 1.20 bits per heavy atom. The van der Waals surface area contributed by atoms with E-state index in [4.69, 9.17) is 17.3 Å². The highest BCUT2D eigenvalue weighted by atomic mass is 35.5. The molecule has 1 unspecified atom stereocenters. The van der Waals surface area contributed by atoms with Crippen molar-refractivity contribution in [2.75, 3.05) is 35.2 Å². The summed E-state index contributed by atoms with van der Waals surface area (Å²) in [6, 6.07) is 1.84. The van der Waals surface area contributed by atoms with Crippen LogP contribution >= 0.6 is 11.6 Å². The average molecular weight is 296 g/mol. The van der Waals surface area contributed by atoms with Gasteiger partial charge in [-0.2, -0.15) is 9.97 Å². The number of nitrogen functional groups attached to an aromatic ring is 1. The number of aromatic nitrogens is 2. The second-order valence-corrected chi connectivity index (χ2v) is 5.91. The van der Waals surface area contributed by atoms with Crippen LogP contribution in [-0.4, -0.2) is 40.9 Å². The molecular formula is C13H18ClN5O. The number of piperidine rings is 1. The van der Waals surface area contributed by atoms with E-state index < -0.39 is 0 Å². The second kappa shape index (κ2) is 5.44. The molecule has 0 aliphatic carbocycles. The van der Waals surface area contributed by atoms with Gasteiger partial charge in [-0.3, -0.25) is 9.69 Å². The predicted molar refractivity (Wildman–Crippen MR) is 79.1 cm³/mol. The van der Waals surface area contributed by atoms with Crippen LogP contribution in [0.5, 0.6) is 0 Å². The van der Waals surface area contributed by atoms with Gasteiger partial charge < -0.3 is 10.6 Å². The first-order valence-electron chi connectivity index (χ1n) is 6.97. The minimum atomic E-state index is -0.155. The summed E-state index contributed by atoms with van der Waals surface area (Å²) in [4.78, 5) is 24.2. The number of nitrogens with zero attached hydrogens (tertiary/aromatic N) is 4. The van der Waals surface area contributed by atoms with Crippen molar-refractivity contribution < 1.29 is 4.79 Å². The lowest BCUT2D eigenvalue weighted by molar-refractivity contribution is -0.117. The highest BCUT2D eigenvalue weighted by Crippen LogP contribution is 2.27. The van der Waals surface area contributed by atoms with Crippen molar-refractivity contribution in [1.82, 2.24) is 9.97 Å². The van der Waals surface area contributed by atoms with Crippen LogP contribution in [0.4, 0.5) is 17.6 Å². The summed E-state index contributed by atoms with van der Waals surface area (Å²) in [6.45, 7) is 2.43. The van der Waals surface area contributed by atoms with Crippen LogP contribution in [0.15, 0.2) is 6.07 Å². The van der Waals surface area contributed by atoms with Gasteiger partial charge in [-0.05, 0) is 19.3 Å². The van der Waals surface area contributed by atoms with Crippen LogP contribution in [0.2, 0.25) is 0 Å². The molecule has 1 aromatic heterocycles. The molecule has 20 heavy (non-hydrogen) atoms. The molecule has 1 aromatic rings. The lowest BCUT2D eigenvalue weighted by Gasteiger charge is -2.28. The Morgan fingerprint density at radius 2 is 1.90 bits per heavy atom. The first-order chi connectivity index (χ1) is 9.63. The monoisotopic (exact) mass is 295 g/mol. The summed E-state index contributed by atoms with van der Waals surface area (Å²) in [7, 11) is 0. The summed E-state index contributed by atoms with van der Waals surface area (Å²) in [5.74, 6) is 1.56. The molecule has 3 rings (SSSR count). The fraction of sp³-hybridized carbons (Fsp3) is 0.615. The molecule has 2 aliphatic rings. The summed E-state index contributed by atoms with van der Waals surface area (Å²) in [6.07, 6.45) is 3.92. The Labute approximate surface area is 122 Å². The maximum absolute atomic E-state index is 11.9. The number of carbonyl (C=O) groups excluding carboxylic acids is 1. The Bertz CT molecular complexity index is 517. The molecule has 7 heteroatoms. The zero-order valence-corrected chi connectivity index (χ0v) is 12.0. The fourth-order valence-electron chi connectivity index (χ4n) is 2.75. The zero-order valence-electron chi connectivity index (χ0n) is 11.3. The van der Waals surface area contributed by atoms with Crippen LogP contribution in [0.25, 0.3) is 0 Å². The number of carbonyl (C=O) groups is 1. The summed E-state index contributed by atoms with van der Waals surface area (Å²) in [5, 5.41) is -0.155. The van der Waals surface area contributed by atoms with Crippen molar-refractivity contribution >= 4 is 35.1 Å². The maximum atomic E-state index is 11.9. The van der Waals surface area contributed by atoms with Crippen LogP contribution in [0.1, 0.15) is 25.7 Å². The molecule has 3 heterocycles. The van der Waals surface area contributed by atoms with Gasteiger partial charge in [0.1, 0.15) is 11.6 Å². The molecule has 2 aliphatic heterocycles. The van der Waals surface area contributed by atoms with Crippen molar-refractivity contribution in [2.45, 2.75) is 31.1 Å². The third-order valence-electron chi connectivity index (χ3n) is 3.75. The smallest absolute Gasteiger partial charge is 0.229 e. The summed E-state index contributed by atoms with van der Waals surface area (Å²) in [5.41, 5.74) is 5.79. The van der Waals surface area contributed by atoms with E-state index in [1.54, 1.807) is 4.90 Å². The van der Waals surface area contributed by atoms with Crippen LogP contribution in [-0.2, 0) is 4.79 Å². The van der Waals surface area contributed by atoms with E-state index >= 15 is 0 Å². The molecule has 0 radical (unpaired) electrons. The fourth-order valence-corrected chi connectivity index (χ4v) is 3.02. The van der Waals surface area contributed by atoms with Crippen molar-refractivity contribution in [3.8, 4) is 0 Å².